The fraction of sp³-hybridized carbons (Fsp3) is 0.728. The average molecular weight is 1290 g/mol. The molecule has 1 amide bonds. The first-order chi connectivity index (χ1) is 44.4. The number of likely N-dealkylation sites (N-methyl/N-ethyl adjacent to an activating group) is 1. The van der Waals surface area contributed by atoms with E-state index in [-0.39, 0.29) is 31.5 Å². The van der Waals surface area contributed by atoms with Gasteiger partial charge in [-0.15, -0.1) is 0 Å². The number of carbonyl (C=O) groups is 2. The standard InChI is InChI=1S/C81H143N2O7P/c1-7-10-13-16-19-22-25-27-29-31-33-35-37-39-41-43-45-47-49-51-53-55-58-61-64-67-70-73-80(84)82-78(77-89-91(86,87)88-76-75-83(4,5)6)79(72-69-66-63-60-57-24-21-18-15-12-9-3)90-81(85)74-71-68-65-62-59-56-54-52-50-48-46-44-42-40-38-36-34-32-30-28-26-23-20-17-14-11-8-2/h10,13,19-20,22-23,27-30,33-36,39,41,45,47,69,72,78-79H,7-9,11-12,14-18,21,24-26,31-32,37-38,40,42-44,46,48-68,70-71,73-77H2,1-6H3,(H-,82,84,86,87)/p+1/b13-10-,22-19-,23-20-,29-27-,30-28-,35-33-,36-34-,41-39-,47-45-,72-69+. The lowest BCUT2D eigenvalue weighted by Crippen LogP contribution is -2.47. The summed E-state index contributed by atoms with van der Waals surface area (Å²) in [5.41, 5.74) is 0. The average Bonchev–Trinajstić information content (AvgIpc) is 3.08. The van der Waals surface area contributed by atoms with Crippen molar-refractivity contribution in [2.75, 3.05) is 40.9 Å². The van der Waals surface area contributed by atoms with Crippen molar-refractivity contribution in [3.63, 3.8) is 0 Å². The molecule has 9 nitrogen and oxygen atoms in total. The Morgan fingerprint density at radius 3 is 1.08 bits per heavy atom. The smallest absolute Gasteiger partial charge is 0.456 e. The topological polar surface area (TPSA) is 111 Å². The van der Waals surface area contributed by atoms with Gasteiger partial charge >= 0.3 is 13.8 Å². The summed E-state index contributed by atoms with van der Waals surface area (Å²) in [5.74, 6) is -0.514. The van der Waals surface area contributed by atoms with Gasteiger partial charge in [-0.25, -0.2) is 4.57 Å². The number of carbonyl (C=O) groups excluding carboxylic acids is 2. The third-order valence-electron chi connectivity index (χ3n) is 16.4. The molecule has 524 valence electrons. The van der Waals surface area contributed by atoms with Crippen molar-refractivity contribution >= 4 is 19.7 Å². The fourth-order valence-corrected chi connectivity index (χ4v) is 11.3. The maximum absolute atomic E-state index is 13.6. The number of nitrogens with one attached hydrogen (secondary N) is 1. The number of esters is 1. The predicted octanol–water partition coefficient (Wildman–Crippen LogP) is 24.6. The van der Waals surface area contributed by atoms with Crippen molar-refractivity contribution in [3.8, 4) is 0 Å². The number of allylic oxidation sites excluding steroid dienone is 19. The molecule has 0 bridgehead atoms. The third kappa shape index (κ3) is 70.6. The number of ether oxygens (including phenoxy) is 1. The fourth-order valence-electron chi connectivity index (χ4n) is 10.6. The van der Waals surface area contributed by atoms with Crippen LogP contribution >= 0.6 is 7.82 Å². The van der Waals surface area contributed by atoms with Crippen molar-refractivity contribution < 1.29 is 37.3 Å². The summed E-state index contributed by atoms with van der Waals surface area (Å²) in [7, 11) is 1.48. The minimum Gasteiger partial charge on any atom is -0.456 e. The summed E-state index contributed by atoms with van der Waals surface area (Å²) >= 11 is 0. The van der Waals surface area contributed by atoms with Crippen LogP contribution in [0.15, 0.2) is 122 Å². The molecule has 0 aliphatic carbocycles. The van der Waals surface area contributed by atoms with E-state index in [9.17, 15) is 19.0 Å². The van der Waals surface area contributed by atoms with Gasteiger partial charge in [-0.3, -0.25) is 18.6 Å². The van der Waals surface area contributed by atoms with Crippen LogP contribution in [0.5, 0.6) is 0 Å². The second kappa shape index (κ2) is 69.2. The van der Waals surface area contributed by atoms with E-state index in [2.05, 4.69) is 135 Å². The number of amides is 1. The first kappa shape index (κ1) is 87.4. The Bertz CT molecular complexity index is 1970. The van der Waals surface area contributed by atoms with Gasteiger partial charge in [0, 0.05) is 12.8 Å². The zero-order chi connectivity index (χ0) is 66.3. The molecule has 0 saturated carbocycles. The molecule has 0 fully saturated rings. The zero-order valence-corrected chi connectivity index (χ0v) is 60.9. The van der Waals surface area contributed by atoms with E-state index in [0.717, 1.165) is 122 Å². The van der Waals surface area contributed by atoms with Crippen LogP contribution in [0.4, 0.5) is 0 Å². The maximum atomic E-state index is 13.6. The first-order valence-corrected chi connectivity index (χ1v) is 39.4. The Labute approximate surface area is 563 Å². The molecule has 0 aliphatic rings. The molecular weight excluding hydrogens is 1140 g/mol. The number of phosphoric ester groups is 1. The molecule has 0 rings (SSSR count). The van der Waals surface area contributed by atoms with E-state index >= 15 is 0 Å². The van der Waals surface area contributed by atoms with E-state index in [1.54, 1.807) is 0 Å². The molecular formula is C81H144N2O7P+. The largest absolute Gasteiger partial charge is 0.472 e. The summed E-state index contributed by atoms with van der Waals surface area (Å²) in [6.45, 7) is 6.88. The number of nitrogens with zero attached hydrogens (tertiary/aromatic N) is 1. The number of quaternary nitrogens is 1. The maximum Gasteiger partial charge on any atom is 0.472 e. The van der Waals surface area contributed by atoms with Gasteiger partial charge in [0.2, 0.25) is 5.91 Å². The number of rotatable bonds is 68. The summed E-state index contributed by atoms with van der Waals surface area (Å²) in [4.78, 5) is 38.0. The predicted molar refractivity (Wildman–Crippen MR) is 396 cm³/mol. The van der Waals surface area contributed by atoms with E-state index in [1.807, 2.05) is 33.3 Å². The minimum atomic E-state index is -4.47. The molecule has 91 heavy (non-hydrogen) atoms. The summed E-state index contributed by atoms with van der Waals surface area (Å²) in [5, 5.41) is 3.07. The van der Waals surface area contributed by atoms with Gasteiger partial charge in [0.1, 0.15) is 19.3 Å². The molecule has 0 aliphatic heterocycles. The minimum absolute atomic E-state index is 0.0335. The van der Waals surface area contributed by atoms with Gasteiger partial charge in [-0.2, -0.15) is 0 Å². The molecule has 0 saturated heterocycles. The highest BCUT2D eigenvalue weighted by atomic mass is 31.2. The lowest BCUT2D eigenvalue weighted by molar-refractivity contribution is -0.870. The molecule has 0 aromatic carbocycles. The van der Waals surface area contributed by atoms with Crippen LogP contribution in [-0.2, 0) is 27.9 Å². The molecule has 0 radical (unpaired) electrons. The van der Waals surface area contributed by atoms with Crippen molar-refractivity contribution in [2.45, 2.75) is 341 Å². The van der Waals surface area contributed by atoms with Crippen molar-refractivity contribution in [1.82, 2.24) is 5.32 Å². The molecule has 10 heteroatoms. The van der Waals surface area contributed by atoms with Gasteiger partial charge in [0.25, 0.3) is 0 Å². The highest BCUT2D eigenvalue weighted by molar-refractivity contribution is 7.47. The van der Waals surface area contributed by atoms with Crippen LogP contribution in [0.2, 0.25) is 0 Å². The SMILES string of the molecule is CC/C=C\C/C=C\C/C=C\C/C=C\C/C=C\C/C=C\CCCCCCCCCCC(=O)NC(COP(=O)(O)OCC[N+](C)(C)C)C(/C=C/CCCCCCCCCCC)OC(=O)CCCCCCCCCCCCCCCC/C=C\C/C=C\C/C=C\CCCCC. The monoisotopic (exact) mass is 1290 g/mol. The normalized spacial score (nSPS) is 14.1. The first-order valence-electron chi connectivity index (χ1n) is 37.9. The molecule has 0 heterocycles. The number of hydrogen-bond donors (Lipinski definition) is 2. The highest BCUT2D eigenvalue weighted by Crippen LogP contribution is 2.43. The van der Waals surface area contributed by atoms with E-state index in [4.69, 9.17) is 13.8 Å². The van der Waals surface area contributed by atoms with Crippen LogP contribution in [0.1, 0.15) is 329 Å². The van der Waals surface area contributed by atoms with Gasteiger partial charge in [0.15, 0.2) is 0 Å². The molecule has 2 N–H and O–H groups in total. The Balaban J connectivity index is 4.97. The lowest BCUT2D eigenvalue weighted by Gasteiger charge is -2.27. The Hall–Kier alpha value is -3.59. The van der Waals surface area contributed by atoms with Crippen LogP contribution in [0, 0.1) is 0 Å². The summed E-state index contributed by atoms with van der Waals surface area (Å²) in [6.07, 6.45) is 97.9. The summed E-state index contributed by atoms with van der Waals surface area (Å²) in [6, 6.07) is -0.862. The highest BCUT2D eigenvalue weighted by Gasteiger charge is 2.30. The molecule has 0 aromatic rings. The van der Waals surface area contributed by atoms with Crippen LogP contribution in [-0.4, -0.2) is 74.3 Å². The van der Waals surface area contributed by atoms with E-state index in [0.29, 0.717) is 17.4 Å². The van der Waals surface area contributed by atoms with Crippen molar-refractivity contribution in [2.24, 2.45) is 0 Å². The van der Waals surface area contributed by atoms with Crippen LogP contribution in [0.25, 0.3) is 0 Å². The number of unbranched alkanes of at least 4 members (excludes halogenated alkanes) is 34. The summed E-state index contributed by atoms with van der Waals surface area (Å²) < 4.78 is 30.9. The quantitative estimate of drug-likeness (QED) is 0.0205. The third-order valence-corrected chi connectivity index (χ3v) is 17.4. The Kier molecular flexibility index (Phi) is 66.5. The van der Waals surface area contributed by atoms with E-state index in [1.165, 1.54) is 173 Å². The Morgan fingerprint density at radius 1 is 0.396 bits per heavy atom. The van der Waals surface area contributed by atoms with Gasteiger partial charge in [-0.1, -0.05) is 316 Å². The lowest BCUT2D eigenvalue weighted by atomic mass is 10.0. The zero-order valence-electron chi connectivity index (χ0n) is 60.1. The van der Waals surface area contributed by atoms with Crippen LogP contribution < -0.4 is 5.32 Å². The molecule has 3 atom stereocenters. The van der Waals surface area contributed by atoms with E-state index < -0.39 is 20.0 Å². The van der Waals surface area contributed by atoms with Gasteiger partial charge in [0.05, 0.1) is 33.8 Å². The van der Waals surface area contributed by atoms with Gasteiger partial charge < -0.3 is 19.4 Å². The molecule has 3 unspecified atom stereocenters. The molecule has 0 aromatic heterocycles. The molecule has 0 spiro atoms. The number of hydrogen-bond acceptors (Lipinski definition) is 6. The van der Waals surface area contributed by atoms with Crippen molar-refractivity contribution in [3.05, 3.63) is 122 Å². The van der Waals surface area contributed by atoms with Crippen LogP contribution in [0.3, 0.4) is 0 Å². The Morgan fingerprint density at radius 2 is 0.703 bits per heavy atom. The van der Waals surface area contributed by atoms with Crippen molar-refractivity contribution in [1.29, 1.82) is 0 Å². The number of phosphoric acid groups is 1. The van der Waals surface area contributed by atoms with Gasteiger partial charge in [-0.05, 0) is 122 Å². The second-order valence-electron chi connectivity index (χ2n) is 26.4. The second-order valence-corrected chi connectivity index (χ2v) is 27.9.